The number of benzene rings is 3. The fraction of sp³-hybridized carbons (Fsp3) is 0.154. The van der Waals surface area contributed by atoms with Crippen LogP contribution in [0.3, 0.4) is 0 Å². The summed E-state index contributed by atoms with van der Waals surface area (Å²) in [5.74, 6) is -0.639. The van der Waals surface area contributed by atoms with Crippen LogP contribution in [0.4, 0.5) is 24.5 Å². The molecule has 0 radical (unpaired) electrons. The first kappa shape index (κ1) is 25.3. The zero-order valence-corrected chi connectivity index (χ0v) is 20.7. The molecule has 38 heavy (non-hydrogen) atoms. The number of carbonyl (C=O) groups is 1. The number of hydrogen-bond acceptors (Lipinski definition) is 5. The number of alkyl halides is 3. The highest BCUT2D eigenvalue weighted by Crippen LogP contribution is 2.37. The number of nitrogens with zero attached hydrogens (tertiary/aromatic N) is 2. The van der Waals surface area contributed by atoms with Crippen molar-refractivity contribution in [3.05, 3.63) is 83.6 Å². The summed E-state index contributed by atoms with van der Waals surface area (Å²) in [5.41, 5.74) is 2.23. The quantitative estimate of drug-likeness (QED) is 0.306. The fourth-order valence-corrected chi connectivity index (χ4v) is 4.98. The minimum absolute atomic E-state index is 0.0587. The maximum absolute atomic E-state index is 13.6. The number of carbonyl (C=O) groups excluding carboxylic acids is 1. The average Bonchev–Trinajstić information content (AvgIpc) is 3.39. The van der Waals surface area contributed by atoms with E-state index in [1.54, 1.807) is 30.3 Å². The van der Waals surface area contributed by atoms with Crippen molar-refractivity contribution < 1.29 is 31.5 Å². The maximum atomic E-state index is 13.6. The van der Waals surface area contributed by atoms with Crippen LogP contribution in [0.1, 0.15) is 21.5 Å². The second-order valence-corrected chi connectivity index (χ2v) is 10.7. The van der Waals surface area contributed by atoms with E-state index in [1.165, 1.54) is 29.3 Å². The number of sulfonamides is 1. The molecule has 0 spiro atoms. The van der Waals surface area contributed by atoms with Crippen molar-refractivity contribution in [3.63, 3.8) is 0 Å². The zero-order valence-electron chi connectivity index (χ0n) is 19.9. The van der Waals surface area contributed by atoms with E-state index in [0.717, 1.165) is 18.4 Å². The Kier molecular flexibility index (Phi) is 6.14. The van der Waals surface area contributed by atoms with Gasteiger partial charge in [-0.3, -0.25) is 14.6 Å². The molecule has 3 N–H and O–H groups in total. The molecule has 3 aromatic carbocycles. The minimum Gasteiger partial charge on any atom is -0.506 e. The molecule has 1 aromatic heterocycles. The van der Waals surface area contributed by atoms with Crippen LogP contribution in [0.15, 0.2) is 66.9 Å². The van der Waals surface area contributed by atoms with Gasteiger partial charge < -0.3 is 10.0 Å². The van der Waals surface area contributed by atoms with E-state index in [-0.39, 0.29) is 23.9 Å². The third kappa shape index (κ3) is 5.07. The molecule has 1 amide bonds. The van der Waals surface area contributed by atoms with Crippen LogP contribution in [0, 0.1) is 0 Å². The smallest absolute Gasteiger partial charge is 0.416 e. The van der Waals surface area contributed by atoms with Gasteiger partial charge in [0.1, 0.15) is 5.75 Å². The van der Waals surface area contributed by atoms with Crippen molar-refractivity contribution in [2.45, 2.75) is 12.6 Å². The minimum atomic E-state index is -4.55. The van der Waals surface area contributed by atoms with Crippen LogP contribution in [0.5, 0.6) is 5.75 Å². The summed E-state index contributed by atoms with van der Waals surface area (Å²) in [7, 11) is -3.66. The van der Waals surface area contributed by atoms with Crippen molar-refractivity contribution in [2.75, 3.05) is 22.4 Å². The zero-order chi connectivity index (χ0) is 27.2. The lowest BCUT2D eigenvalue weighted by Gasteiger charge is -2.29. The van der Waals surface area contributed by atoms with E-state index in [4.69, 9.17) is 0 Å². The normalized spacial score (nSPS) is 13.9. The molecule has 0 bridgehead atoms. The van der Waals surface area contributed by atoms with Gasteiger partial charge in [0, 0.05) is 29.6 Å². The molecule has 0 aliphatic carbocycles. The monoisotopic (exact) mass is 542 g/mol. The number of amides is 1. The molecule has 0 unspecified atom stereocenters. The number of hydrogen-bond donors (Lipinski definition) is 3. The van der Waals surface area contributed by atoms with E-state index in [9.17, 15) is 31.5 Å². The average molecular weight is 543 g/mol. The molecule has 5 rings (SSSR count). The number of aromatic amines is 1. The van der Waals surface area contributed by atoms with Gasteiger partial charge in [0.25, 0.3) is 5.91 Å². The van der Waals surface area contributed by atoms with Crippen molar-refractivity contribution in [1.29, 1.82) is 0 Å². The second kappa shape index (κ2) is 9.21. The van der Waals surface area contributed by atoms with E-state index >= 15 is 0 Å². The molecule has 8 nitrogen and oxygen atoms in total. The SMILES string of the molecule is CS(=O)(=O)Nc1cc(N2CCc3cc(-c4cc(-c5ccn[nH]5)cc(C(F)(F)F)c4)ccc3C2=O)ccc1O. The Morgan fingerprint density at radius 3 is 2.45 bits per heavy atom. The van der Waals surface area contributed by atoms with Gasteiger partial charge in [-0.05, 0) is 71.6 Å². The van der Waals surface area contributed by atoms with E-state index in [0.29, 0.717) is 45.6 Å². The predicted octanol–water partition coefficient (Wildman–Crippen LogP) is 5.04. The van der Waals surface area contributed by atoms with Crippen molar-refractivity contribution in [2.24, 2.45) is 0 Å². The van der Waals surface area contributed by atoms with Gasteiger partial charge in [-0.1, -0.05) is 12.1 Å². The number of aromatic hydroxyl groups is 1. The molecule has 196 valence electrons. The molecule has 4 aromatic rings. The number of phenolic OH excluding ortho intramolecular Hbond substituents is 1. The first-order valence-corrected chi connectivity index (χ1v) is 13.3. The highest BCUT2D eigenvalue weighted by atomic mass is 32.2. The van der Waals surface area contributed by atoms with Crippen LogP contribution >= 0.6 is 0 Å². The summed E-state index contributed by atoms with van der Waals surface area (Å²) in [5, 5.41) is 16.5. The Morgan fingerprint density at radius 1 is 1.00 bits per heavy atom. The van der Waals surface area contributed by atoms with Crippen LogP contribution in [0.25, 0.3) is 22.4 Å². The highest BCUT2D eigenvalue weighted by Gasteiger charge is 2.32. The standard InChI is InChI=1S/C26H21F3N4O4S/c1-38(36,37)32-23-14-20(3-5-24(23)34)33-9-7-16-10-15(2-4-21(16)25(33)35)17-11-18(22-6-8-30-31-22)13-19(12-17)26(27,28)29/h2-6,8,10-14,32,34H,7,9H2,1H3,(H,30,31). The third-order valence-corrected chi connectivity index (χ3v) is 6.77. The van der Waals surface area contributed by atoms with Crippen molar-refractivity contribution in [1.82, 2.24) is 10.2 Å². The van der Waals surface area contributed by atoms with Crippen LogP contribution < -0.4 is 9.62 Å². The Bertz CT molecular complexity index is 1650. The van der Waals surface area contributed by atoms with Gasteiger partial charge in [-0.15, -0.1) is 0 Å². The Balaban J connectivity index is 1.49. The van der Waals surface area contributed by atoms with Crippen molar-refractivity contribution >= 4 is 27.3 Å². The number of halogens is 3. The summed E-state index contributed by atoms with van der Waals surface area (Å²) in [6.07, 6.45) is -1.73. The third-order valence-electron chi connectivity index (χ3n) is 6.18. The molecule has 0 atom stereocenters. The van der Waals surface area contributed by atoms with Crippen molar-refractivity contribution in [3.8, 4) is 28.1 Å². The number of H-pyrrole nitrogens is 1. The first-order valence-electron chi connectivity index (χ1n) is 11.4. The lowest BCUT2D eigenvalue weighted by molar-refractivity contribution is -0.137. The number of nitrogens with one attached hydrogen (secondary N) is 2. The fourth-order valence-electron chi connectivity index (χ4n) is 4.42. The molecule has 0 saturated carbocycles. The van der Waals surface area contributed by atoms with Gasteiger partial charge in [0.2, 0.25) is 10.0 Å². The number of anilines is 2. The Labute approximate surface area is 215 Å². The summed E-state index contributed by atoms with van der Waals surface area (Å²) >= 11 is 0. The molecule has 1 aliphatic rings. The predicted molar refractivity (Wildman–Crippen MR) is 136 cm³/mol. The maximum Gasteiger partial charge on any atom is 0.416 e. The van der Waals surface area contributed by atoms with Gasteiger partial charge in [-0.25, -0.2) is 8.42 Å². The van der Waals surface area contributed by atoms with Crippen LogP contribution in [-0.4, -0.2) is 42.4 Å². The molecule has 0 fully saturated rings. The summed E-state index contributed by atoms with van der Waals surface area (Å²) in [6.45, 7) is 0.250. The Morgan fingerprint density at radius 2 is 1.76 bits per heavy atom. The number of aromatic nitrogens is 2. The lowest BCUT2D eigenvalue weighted by Crippen LogP contribution is -2.37. The van der Waals surface area contributed by atoms with Gasteiger partial charge in [0.15, 0.2) is 0 Å². The number of fused-ring (bicyclic) bond motifs is 1. The second-order valence-electron chi connectivity index (χ2n) is 8.92. The highest BCUT2D eigenvalue weighted by molar-refractivity contribution is 7.92. The van der Waals surface area contributed by atoms with E-state index in [1.807, 2.05) is 0 Å². The topological polar surface area (TPSA) is 115 Å². The molecular weight excluding hydrogens is 521 g/mol. The van der Waals surface area contributed by atoms with Gasteiger partial charge in [-0.2, -0.15) is 18.3 Å². The van der Waals surface area contributed by atoms with Gasteiger partial charge >= 0.3 is 6.18 Å². The first-order chi connectivity index (χ1) is 17.9. The number of rotatable bonds is 5. The number of phenols is 1. The molecule has 1 aliphatic heterocycles. The molecule has 12 heteroatoms. The lowest BCUT2D eigenvalue weighted by atomic mass is 9.92. The van der Waals surface area contributed by atoms with E-state index in [2.05, 4.69) is 14.9 Å². The van der Waals surface area contributed by atoms with Crippen LogP contribution in [0.2, 0.25) is 0 Å². The van der Waals surface area contributed by atoms with Crippen LogP contribution in [-0.2, 0) is 22.6 Å². The molecule has 0 saturated heterocycles. The summed E-state index contributed by atoms with van der Waals surface area (Å²) in [4.78, 5) is 14.8. The summed E-state index contributed by atoms with van der Waals surface area (Å²) < 4.78 is 66.4. The van der Waals surface area contributed by atoms with E-state index < -0.39 is 21.8 Å². The molecule has 2 heterocycles. The summed E-state index contributed by atoms with van der Waals surface area (Å²) in [6, 6.07) is 14.4. The molecular formula is C26H21F3N4O4S. The largest absolute Gasteiger partial charge is 0.506 e. The Hall–Kier alpha value is -4.32. The van der Waals surface area contributed by atoms with Gasteiger partial charge in [0.05, 0.1) is 23.2 Å².